The molecule has 0 aromatic carbocycles. The van der Waals surface area contributed by atoms with Crippen molar-refractivity contribution in [2.24, 2.45) is 0 Å². The minimum Gasteiger partial charge on any atom is -0.412 e. The molecule has 4 nitrogen and oxygen atoms in total. The molecule has 12 heavy (non-hydrogen) atoms. The van der Waals surface area contributed by atoms with E-state index >= 15 is 0 Å². The lowest BCUT2D eigenvalue weighted by atomic mass is 10.0. The molecule has 4 heteroatoms. The summed E-state index contributed by atoms with van der Waals surface area (Å²) in [7, 11) is 0. The number of hydrogen-bond donors (Lipinski definition) is 1. The molecule has 0 aromatic rings. The molecule has 0 radical (unpaired) electrons. The summed E-state index contributed by atoms with van der Waals surface area (Å²) < 4.78 is 5.07. The van der Waals surface area contributed by atoms with E-state index in [0.717, 1.165) is 12.0 Å². The van der Waals surface area contributed by atoms with Gasteiger partial charge in [-0.05, 0) is 13.3 Å². The van der Waals surface area contributed by atoms with Gasteiger partial charge in [0.1, 0.15) is 0 Å². The van der Waals surface area contributed by atoms with E-state index in [-0.39, 0.29) is 11.6 Å². The number of aliphatic hydroxyl groups is 1. The minimum absolute atomic E-state index is 0. The molecule has 1 aliphatic rings. The molecule has 0 unspecified atom stereocenters. The van der Waals surface area contributed by atoms with E-state index in [4.69, 9.17) is 15.1 Å². The highest BCUT2D eigenvalue weighted by molar-refractivity contribution is 5.15. The van der Waals surface area contributed by atoms with Crippen LogP contribution in [0.3, 0.4) is 0 Å². The van der Waals surface area contributed by atoms with E-state index in [1.807, 2.05) is 13.0 Å². The first-order valence-corrected chi connectivity index (χ1v) is 3.63. The van der Waals surface area contributed by atoms with Crippen LogP contribution in [0.1, 0.15) is 19.8 Å². The molecule has 0 amide bonds. The van der Waals surface area contributed by atoms with Crippen LogP contribution in [0.15, 0.2) is 11.6 Å². The molecule has 1 rings (SSSR count). The van der Waals surface area contributed by atoms with Crippen molar-refractivity contribution >= 4 is 0 Å². The van der Waals surface area contributed by atoms with Gasteiger partial charge in [0.25, 0.3) is 0 Å². The first-order chi connectivity index (χ1) is 5.22. The van der Waals surface area contributed by atoms with Crippen molar-refractivity contribution in [2.75, 3.05) is 0 Å². The molecule has 1 heterocycles. The Bertz CT molecular complexity index is 195. The standard InChI is InChI=1S/C8H11NO2.H2O/c1-6-4-7(2-3-9)5-8(10)11-6;/h2,6,8,10H,4-5H2,1H3;1H2/b7-2+;/t6-,8-;/m1./s1. The van der Waals surface area contributed by atoms with Crippen LogP contribution in [0.25, 0.3) is 0 Å². The molecule has 3 N–H and O–H groups in total. The van der Waals surface area contributed by atoms with Gasteiger partial charge in [0.15, 0.2) is 6.29 Å². The second kappa shape index (κ2) is 4.88. The van der Waals surface area contributed by atoms with Crippen molar-refractivity contribution in [3.8, 4) is 6.07 Å². The molecule has 1 fully saturated rings. The monoisotopic (exact) mass is 171 g/mol. The molecular weight excluding hydrogens is 158 g/mol. The van der Waals surface area contributed by atoms with E-state index in [2.05, 4.69) is 0 Å². The number of hydrogen-bond acceptors (Lipinski definition) is 3. The average molecular weight is 171 g/mol. The molecule has 0 saturated carbocycles. The predicted octanol–water partition coefficient (Wildman–Crippen LogP) is 0.129. The molecule has 2 atom stereocenters. The van der Waals surface area contributed by atoms with E-state index in [1.165, 1.54) is 6.08 Å². The highest BCUT2D eigenvalue weighted by Crippen LogP contribution is 2.22. The third-order valence-corrected chi connectivity index (χ3v) is 1.64. The summed E-state index contributed by atoms with van der Waals surface area (Å²) >= 11 is 0. The van der Waals surface area contributed by atoms with Crippen molar-refractivity contribution < 1.29 is 15.3 Å². The van der Waals surface area contributed by atoms with Crippen LogP contribution in [-0.4, -0.2) is 23.0 Å². The number of aliphatic hydroxyl groups excluding tert-OH is 1. The smallest absolute Gasteiger partial charge is 0.158 e. The van der Waals surface area contributed by atoms with Crippen LogP contribution >= 0.6 is 0 Å². The third kappa shape index (κ3) is 3.01. The summed E-state index contributed by atoms with van der Waals surface area (Å²) in [5.74, 6) is 0. The maximum absolute atomic E-state index is 9.10. The largest absolute Gasteiger partial charge is 0.412 e. The van der Waals surface area contributed by atoms with Crippen LogP contribution < -0.4 is 0 Å². The van der Waals surface area contributed by atoms with Gasteiger partial charge >= 0.3 is 0 Å². The topological polar surface area (TPSA) is 84.8 Å². The molecule has 0 aliphatic carbocycles. The summed E-state index contributed by atoms with van der Waals surface area (Å²) in [5.41, 5.74) is 0.971. The van der Waals surface area contributed by atoms with Gasteiger partial charge in [0.05, 0.1) is 12.2 Å². The van der Waals surface area contributed by atoms with Crippen LogP contribution in [0.5, 0.6) is 0 Å². The lowest BCUT2D eigenvalue weighted by molar-refractivity contribution is -0.142. The van der Waals surface area contributed by atoms with E-state index in [0.29, 0.717) is 6.42 Å². The Kier molecular flexibility index (Phi) is 4.52. The van der Waals surface area contributed by atoms with Crippen LogP contribution in [0.4, 0.5) is 0 Å². The van der Waals surface area contributed by atoms with Gasteiger partial charge in [-0.2, -0.15) is 5.26 Å². The molecule has 1 saturated heterocycles. The zero-order valence-corrected chi connectivity index (χ0v) is 6.95. The molecule has 1 aliphatic heterocycles. The highest BCUT2D eigenvalue weighted by Gasteiger charge is 2.19. The molecular formula is C8H13NO3. The fourth-order valence-electron chi connectivity index (χ4n) is 1.25. The number of rotatable bonds is 0. The van der Waals surface area contributed by atoms with Gasteiger partial charge < -0.3 is 15.3 Å². The van der Waals surface area contributed by atoms with Gasteiger partial charge in [0, 0.05) is 12.5 Å². The number of allylic oxidation sites excluding steroid dienone is 1. The van der Waals surface area contributed by atoms with Crippen molar-refractivity contribution in [2.45, 2.75) is 32.2 Å². The fraction of sp³-hybridized carbons (Fsp3) is 0.625. The van der Waals surface area contributed by atoms with E-state index < -0.39 is 6.29 Å². The Labute approximate surface area is 71.4 Å². The second-order valence-corrected chi connectivity index (χ2v) is 2.74. The zero-order valence-electron chi connectivity index (χ0n) is 6.95. The normalized spacial score (nSPS) is 32.2. The average Bonchev–Trinajstić information content (AvgIpc) is 1.85. The van der Waals surface area contributed by atoms with Crippen LogP contribution in [0.2, 0.25) is 0 Å². The Morgan fingerprint density at radius 2 is 2.33 bits per heavy atom. The van der Waals surface area contributed by atoms with Gasteiger partial charge in [-0.3, -0.25) is 0 Å². The minimum atomic E-state index is -0.724. The molecule has 68 valence electrons. The SMILES string of the molecule is C[C@@H]1C/C(=C\C#N)C[C@H](O)O1.O. The maximum Gasteiger partial charge on any atom is 0.158 e. The summed E-state index contributed by atoms with van der Waals surface area (Å²) in [6.45, 7) is 1.88. The van der Waals surface area contributed by atoms with Crippen molar-refractivity contribution in [3.05, 3.63) is 11.6 Å². The van der Waals surface area contributed by atoms with Gasteiger partial charge in [-0.25, -0.2) is 0 Å². The van der Waals surface area contributed by atoms with Crippen LogP contribution in [0, 0.1) is 11.3 Å². The lowest BCUT2D eigenvalue weighted by Crippen LogP contribution is -2.26. The second-order valence-electron chi connectivity index (χ2n) is 2.74. The number of ether oxygens (including phenoxy) is 1. The first-order valence-electron chi connectivity index (χ1n) is 3.63. The van der Waals surface area contributed by atoms with Crippen LogP contribution in [-0.2, 0) is 4.74 Å². The highest BCUT2D eigenvalue weighted by atomic mass is 16.6. The zero-order chi connectivity index (χ0) is 8.27. The summed E-state index contributed by atoms with van der Waals surface area (Å²) in [6, 6.07) is 1.95. The Hall–Kier alpha value is -0.890. The van der Waals surface area contributed by atoms with Gasteiger partial charge in [-0.15, -0.1) is 0 Å². The molecule has 0 bridgehead atoms. The van der Waals surface area contributed by atoms with E-state index in [9.17, 15) is 0 Å². The summed E-state index contributed by atoms with van der Waals surface area (Å²) in [4.78, 5) is 0. The van der Waals surface area contributed by atoms with Gasteiger partial charge in [-0.1, -0.05) is 5.57 Å². The third-order valence-electron chi connectivity index (χ3n) is 1.64. The Morgan fingerprint density at radius 1 is 1.67 bits per heavy atom. The number of nitriles is 1. The van der Waals surface area contributed by atoms with Crippen molar-refractivity contribution in [1.29, 1.82) is 5.26 Å². The molecule has 0 aromatic heterocycles. The number of nitrogens with zero attached hydrogens (tertiary/aromatic N) is 1. The quantitative estimate of drug-likeness (QED) is 0.525. The summed E-state index contributed by atoms with van der Waals surface area (Å²) in [5, 5.41) is 17.4. The van der Waals surface area contributed by atoms with Gasteiger partial charge in [0.2, 0.25) is 0 Å². The lowest BCUT2D eigenvalue weighted by Gasteiger charge is -2.25. The Morgan fingerprint density at radius 3 is 2.83 bits per heavy atom. The van der Waals surface area contributed by atoms with Crippen molar-refractivity contribution in [1.82, 2.24) is 0 Å². The maximum atomic E-state index is 9.10. The molecule has 0 spiro atoms. The first kappa shape index (κ1) is 11.1. The predicted molar refractivity (Wildman–Crippen MR) is 43.1 cm³/mol. The summed E-state index contributed by atoms with van der Waals surface area (Å²) in [6.07, 6.45) is 2.02. The van der Waals surface area contributed by atoms with E-state index in [1.54, 1.807) is 0 Å². The Balaban J connectivity index is 0.00000121. The van der Waals surface area contributed by atoms with Crippen molar-refractivity contribution in [3.63, 3.8) is 0 Å². The fourth-order valence-corrected chi connectivity index (χ4v) is 1.25.